The van der Waals surface area contributed by atoms with Crippen LogP contribution in [-0.4, -0.2) is 28.4 Å². The lowest BCUT2D eigenvalue weighted by Gasteiger charge is -2.11. The number of aromatic nitrogens is 2. The van der Waals surface area contributed by atoms with Gasteiger partial charge in [0.05, 0.1) is 11.7 Å². The lowest BCUT2D eigenvalue weighted by molar-refractivity contribution is 0.102. The van der Waals surface area contributed by atoms with Gasteiger partial charge in [0, 0.05) is 29.9 Å². The minimum absolute atomic E-state index is 0. The van der Waals surface area contributed by atoms with E-state index < -0.39 is 0 Å². The van der Waals surface area contributed by atoms with Crippen LogP contribution >= 0.6 is 24.8 Å². The number of aliphatic imine (C=N–C) groups is 1. The first-order valence-corrected chi connectivity index (χ1v) is 8.99. The number of hydrogen-bond acceptors (Lipinski definition) is 3. The van der Waals surface area contributed by atoms with Gasteiger partial charge in [0.2, 0.25) is 0 Å². The van der Waals surface area contributed by atoms with E-state index in [1.165, 1.54) is 0 Å². The molecule has 0 fully saturated rings. The predicted octanol–water partition coefficient (Wildman–Crippen LogP) is 4.03. The van der Waals surface area contributed by atoms with Crippen LogP contribution in [0.1, 0.15) is 42.2 Å². The number of hydrogen-bond donors (Lipinski definition) is 4. The van der Waals surface area contributed by atoms with Gasteiger partial charge in [-0.15, -0.1) is 24.8 Å². The fraction of sp³-hybridized carbons (Fsp3) is 0.250. The number of benzene rings is 1. The maximum atomic E-state index is 12.6. The van der Waals surface area contributed by atoms with Crippen molar-refractivity contribution in [2.45, 2.75) is 26.3 Å². The summed E-state index contributed by atoms with van der Waals surface area (Å²) in [5, 5.41) is 6.87. The molecule has 2 heterocycles. The number of carbonyl (C=O) groups excluding carboxylic acids is 1. The standard InChI is InChI=1S/C20H24N6O.2ClH/c1-3-10-24-20(21)25-13(2)14-4-6-15(7-5-14)19(27)26-17-9-12-23-18-16(17)8-11-22-18;;/h4-9,11-13H,3,10H2,1-2H3,(H3,21,24,25)(H2,22,23,26,27);2*1H/t13-;;/m1../s1. The molecule has 0 spiro atoms. The summed E-state index contributed by atoms with van der Waals surface area (Å²) in [5.41, 5.74) is 8.90. The van der Waals surface area contributed by atoms with Crippen molar-refractivity contribution in [3.05, 3.63) is 59.9 Å². The molecule has 7 nitrogen and oxygen atoms in total. The second-order valence-electron chi connectivity index (χ2n) is 6.29. The minimum Gasteiger partial charge on any atom is -0.370 e. The van der Waals surface area contributed by atoms with Gasteiger partial charge in [-0.1, -0.05) is 19.1 Å². The largest absolute Gasteiger partial charge is 0.370 e. The highest BCUT2D eigenvalue weighted by Crippen LogP contribution is 2.22. The van der Waals surface area contributed by atoms with Crippen LogP contribution in [0.15, 0.2) is 53.8 Å². The summed E-state index contributed by atoms with van der Waals surface area (Å²) >= 11 is 0. The third kappa shape index (κ3) is 6.10. The quantitative estimate of drug-likeness (QED) is 0.345. The van der Waals surface area contributed by atoms with Crippen molar-refractivity contribution in [3.63, 3.8) is 0 Å². The number of rotatable bonds is 6. The highest BCUT2D eigenvalue weighted by Gasteiger charge is 2.11. The number of anilines is 1. The second-order valence-corrected chi connectivity index (χ2v) is 6.29. The van der Waals surface area contributed by atoms with Crippen LogP contribution in [0.4, 0.5) is 5.69 Å². The molecule has 2 aromatic heterocycles. The van der Waals surface area contributed by atoms with Crippen LogP contribution in [-0.2, 0) is 0 Å². The van der Waals surface area contributed by atoms with Gasteiger partial charge in [-0.2, -0.15) is 0 Å². The Balaban J connectivity index is 0.00000210. The average molecular weight is 437 g/mol. The van der Waals surface area contributed by atoms with Crippen molar-refractivity contribution >= 4 is 53.4 Å². The molecule has 5 N–H and O–H groups in total. The van der Waals surface area contributed by atoms with Crippen LogP contribution in [0.5, 0.6) is 0 Å². The van der Waals surface area contributed by atoms with Crippen molar-refractivity contribution in [2.24, 2.45) is 10.7 Å². The number of nitrogens with one attached hydrogen (secondary N) is 3. The van der Waals surface area contributed by atoms with Crippen molar-refractivity contribution in [2.75, 3.05) is 11.9 Å². The Labute approximate surface area is 182 Å². The van der Waals surface area contributed by atoms with Gasteiger partial charge >= 0.3 is 0 Å². The molecule has 3 aromatic rings. The molecule has 1 atom stereocenters. The van der Waals surface area contributed by atoms with E-state index in [1.54, 1.807) is 30.6 Å². The number of guanidine groups is 1. The smallest absolute Gasteiger partial charge is 0.255 e. The van der Waals surface area contributed by atoms with E-state index in [0.29, 0.717) is 11.5 Å². The van der Waals surface area contributed by atoms with E-state index in [4.69, 9.17) is 5.73 Å². The number of pyridine rings is 1. The van der Waals surface area contributed by atoms with Crippen molar-refractivity contribution in [1.82, 2.24) is 15.3 Å². The van der Waals surface area contributed by atoms with E-state index in [0.717, 1.165) is 35.2 Å². The zero-order chi connectivity index (χ0) is 19.2. The third-order valence-corrected chi connectivity index (χ3v) is 4.25. The van der Waals surface area contributed by atoms with Crippen molar-refractivity contribution < 1.29 is 4.79 Å². The maximum absolute atomic E-state index is 12.6. The Bertz CT molecular complexity index is 955. The first-order chi connectivity index (χ1) is 13.1. The Morgan fingerprint density at radius 2 is 1.93 bits per heavy atom. The number of nitrogens with two attached hydrogens (primary N) is 1. The fourth-order valence-corrected chi connectivity index (χ4v) is 2.76. The average Bonchev–Trinajstić information content (AvgIpc) is 3.16. The first-order valence-electron chi connectivity index (χ1n) is 8.99. The van der Waals surface area contributed by atoms with Gasteiger partial charge < -0.3 is 21.4 Å². The van der Waals surface area contributed by atoms with Crippen LogP contribution in [0, 0.1) is 0 Å². The number of carbonyl (C=O) groups is 1. The second kappa shape index (κ2) is 11.3. The van der Waals surface area contributed by atoms with Gasteiger partial charge in [-0.05, 0) is 43.2 Å². The molecule has 3 rings (SSSR count). The van der Waals surface area contributed by atoms with Gasteiger partial charge in [-0.25, -0.2) is 9.98 Å². The molecule has 0 aliphatic rings. The van der Waals surface area contributed by atoms with Crippen LogP contribution in [0.2, 0.25) is 0 Å². The molecule has 9 heteroatoms. The Morgan fingerprint density at radius 1 is 1.21 bits per heavy atom. The molecule has 0 aliphatic carbocycles. The van der Waals surface area contributed by atoms with E-state index >= 15 is 0 Å². The lowest BCUT2D eigenvalue weighted by Crippen LogP contribution is -2.32. The molecule has 0 aliphatic heterocycles. The predicted molar refractivity (Wildman–Crippen MR) is 123 cm³/mol. The van der Waals surface area contributed by atoms with E-state index in [-0.39, 0.29) is 36.8 Å². The molecular formula is C20H26Cl2N6O. The van der Waals surface area contributed by atoms with E-state index in [2.05, 4.69) is 32.5 Å². The number of fused-ring (bicyclic) bond motifs is 1. The molecular weight excluding hydrogens is 411 g/mol. The van der Waals surface area contributed by atoms with Crippen LogP contribution in [0.3, 0.4) is 0 Å². The van der Waals surface area contributed by atoms with Gasteiger partial charge in [0.1, 0.15) is 5.65 Å². The summed E-state index contributed by atoms with van der Waals surface area (Å²) in [6.45, 7) is 4.83. The van der Waals surface area contributed by atoms with Gasteiger partial charge in [0.25, 0.3) is 5.91 Å². The fourth-order valence-electron chi connectivity index (χ4n) is 2.76. The molecule has 1 aromatic carbocycles. The molecule has 0 saturated carbocycles. The van der Waals surface area contributed by atoms with Crippen LogP contribution < -0.4 is 16.4 Å². The number of halogens is 2. The molecule has 156 valence electrons. The lowest BCUT2D eigenvalue weighted by atomic mass is 10.1. The molecule has 1 amide bonds. The molecule has 29 heavy (non-hydrogen) atoms. The molecule has 0 bridgehead atoms. The number of amides is 1. The minimum atomic E-state index is -0.171. The Morgan fingerprint density at radius 3 is 2.62 bits per heavy atom. The van der Waals surface area contributed by atoms with Gasteiger partial charge in [0.15, 0.2) is 5.96 Å². The summed E-state index contributed by atoms with van der Waals surface area (Å²) in [7, 11) is 0. The van der Waals surface area contributed by atoms with Crippen LogP contribution in [0.25, 0.3) is 11.0 Å². The highest BCUT2D eigenvalue weighted by molar-refractivity contribution is 6.08. The summed E-state index contributed by atoms with van der Waals surface area (Å²) in [4.78, 5) is 24.2. The topological polar surface area (TPSA) is 108 Å². The third-order valence-electron chi connectivity index (χ3n) is 4.25. The summed E-state index contributed by atoms with van der Waals surface area (Å²) in [6.07, 6.45) is 4.44. The number of aromatic amines is 1. The Hall–Kier alpha value is -2.77. The first kappa shape index (κ1) is 24.3. The zero-order valence-corrected chi connectivity index (χ0v) is 17.9. The molecule has 0 radical (unpaired) electrons. The van der Waals surface area contributed by atoms with Crippen molar-refractivity contribution in [3.8, 4) is 0 Å². The molecule has 0 saturated heterocycles. The monoisotopic (exact) mass is 436 g/mol. The SMILES string of the molecule is CCCNC(N)=N[C@H](C)c1ccc(C(=O)Nc2ccnc3[nH]ccc23)cc1.Cl.Cl. The Kier molecular flexibility index (Phi) is 9.44. The van der Waals surface area contributed by atoms with Crippen molar-refractivity contribution in [1.29, 1.82) is 0 Å². The summed E-state index contributed by atoms with van der Waals surface area (Å²) in [6, 6.07) is 11.0. The molecule has 0 unspecified atom stereocenters. The van der Waals surface area contributed by atoms with Gasteiger partial charge in [-0.3, -0.25) is 4.79 Å². The van der Waals surface area contributed by atoms with E-state index in [9.17, 15) is 4.79 Å². The number of H-pyrrole nitrogens is 1. The summed E-state index contributed by atoms with van der Waals surface area (Å²) < 4.78 is 0. The number of nitrogens with zero attached hydrogens (tertiary/aromatic N) is 2. The summed E-state index contributed by atoms with van der Waals surface area (Å²) in [5.74, 6) is 0.259. The normalized spacial score (nSPS) is 11.9. The highest BCUT2D eigenvalue weighted by atomic mass is 35.5. The zero-order valence-electron chi connectivity index (χ0n) is 16.3. The maximum Gasteiger partial charge on any atom is 0.255 e. The van der Waals surface area contributed by atoms with E-state index in [1.807, 2.05) is 25.1 Å².